The molecule has 1 unspecified atom stereocenters. The van der Waals surface area contributed by atoms with E-state index in [1.165, 1.54) is 43.6 Å². The van der Waals surface area contributed by atoms with Crippen molar-refractivity contribution in [1.82, 2.24) is 14.7 Å². The molecule has 5 heteroatoms. The molecule has 18 heavy (non-hydrogen) atoms. The highest BCUT2D eigenvalue weighted by Gasteiger charge is 2.15. The zero-order chi connectivity index (χ0) is 12.8. The summed E-state index contributed by atoms with van der Waals surface area (Å²) in [6.07, 6.45) is 7.87. The van der Waals surface area contributed by atoms with Crippen LogP contribution in [0.3, 0.4) is 0 Å². The van der Waals surface area contributed by atoms with Crippen LogP contribution in [-0.2, 0) is 6.42 Å². The predicted octanol–water partition coefficient (Wildman–Crippen LogP) is 3.50. The van der Waals surface area contributed by atoms with Crippen molar-refractivity contribution in [2.75, 3.05) is 6.54 Å². The molecule has 1 aromatic heterocycles. The Hall–Kier alpha value is -0.130. The second-order valence-corrected chi connectivity index (χ2v) is 7.44. The summed E-state index contributed by atoms with van der Waals surface area (Å²) in [4.78, 5) is 4.51. The third-order valence-corrected chi connectivity index (χ3v) is 5.29. The monoisotopic (exact) mass is 285 g/mol. The van der Waals surface area contributed by atoms with E-state index in [0.29, 0.717) is 5.25 Å². The fraction of sp³-hybridized carbons (Fsp3) is 0.846. The molecule has 2 rings (SSSR count). The third-order valence-electron chi connectivity index (χ3n) is 3.37. The van der Waals surface area contributed by atoms with Gasteiger partial charge < -0.3 is 5.32 Å². The lowest BCUT2D eigenvalue weighted by Gasteiger charge is -2.24. The largest absolute Gasteiger partial charge is 0.313 e. The Balaban J connectivity index is 1.69. The molecule has 1 aliphatic rings. The van der Waals surface area contributed by atoms with Crippen molar-refractivity contribution in [3.8, 4) is 0 Å². The van der Waals surface area contributed by atoms with Gasteiger partial charge in [0.05, 0.1) is 0 Å². The highest BCUT2D eigenvalue weighted by atomic mass is 32.2. The van der Waals surface area contributed by atoms with Crippen LogP contribution in [0, 0.1) is 0 Å². The van der Waals surface area contributed by atoms with Gasteiger partial charge in [-0.2, -0.15) is 4.37 Å². The number of thioether (sulfide) groups is 1. The number of nitrogens with one attached hydrogen (secondary N) is 1. The first-order chi connectivity index (χ1) is 8.78. The fourth-order valence-electron chi connectivity index (χ4n) is 2.28. The van der Waals surface area contributed by atoms with Crippen molar-refractivity contribution in [2.24, 2.45) is 0 Å². The molecule has 0 radical (unpaired) electrons. The molecule has 102 valence electrons. The van der Waals surface area contributed by atoms with Crippen LogP contribution in [0.4, 0.5) is 0 Å². The van der Waals surface area contributed by atoms with E-state index in [-0.39, 0.29) is 0 Å². The molecule has 1 saturated carbocycles. The molecule has 0 spiro atoms. The van der Waals surface area contributed by atoms with Crippen molar-refractivity contribution in [3.05, 3.63) is 5.82 Å². The normalized spacial score (nSPS) is 19.0. The first-order valence-electron chi connectivity index (χ1n) is 7.00. The summed E-state index contributed by atoms with van der Waals surface area (Å²) in [6, 6.07) is 0.752. The molecular formula is C13H23N3S2. The topological polar surface area (TPSA) is 37.8 Å². The maximum absolute atomic E-state index is 4.51. The molecule has 1 N–H and O–H groups in total. The standard InChI is InChI=1S/C13H23N3S2/c1-3-12-15-13(18-16-12)17-10(2)9-14-11-7-5-4-6-8-11/h10-11,14H,3-9H2,1-2H3. The van der Waals surface area contributed by atoms with Gasteiger partial charge in [-0.1, -0.05) is 44.9 Å². The summed E-state index contributed by atoms with van der Waals surface area (Å²) in [5.74, 6) is 0.981. The number of aryl methyl sites for hydroxylation is 1. The smallest absolute Gasteiger partial charge is 0.170 e. The quantitative estimate of drug-likeness (QED) is 0.812. The predicted molar refractivity (Wildman–Crippen MR) is 79.5 cm³/mol. The van der Waals surface area contributed by atoms with Gasteiger partial charge in [0.2, 0.25) is 0 Å². The minimum atomic E-state index is 0.574. The minimum absolute atomic E-state index is 0.574. The summed E-state index contributed by atoms with van der Waals surface area (Å²) in [7, 11) is 0. The van der Waals surface area contributed by atoms with Gasteiger partial charge in [-0.05, 0) is 24.4 Å². The van der Waals surface area contributed by atoms with Crippen LogP contribution in [0.2, 0.25) is 0 Å². The van der Waals surface area contributed by atoms with Crippen LogP contribution < -0.4 is 5.32 Å². The maximum atomic E-state index is 4.51. The summed E-state index contributed by atoms with van der Waals surface area (Å²) < 4.78 is 5.44. The molecule has 1 aliphatic carbocycles. The molecule has 0 saturated heterocycles. The summed E-state index contributed by atoms with van der Waals surface area (Å²) in [5.41, 5.74) is 0. The number of hydrogen-bond acceptors (Lipinski definition) is 5. The van der Waals surface area contributed by atoms with Gasteiger partial charge in [-0.25, -0.2) is 4.98 Å². The molecule has 1 aromatic rings. The highest BCUT2D eigenvalue weighted by molar-refractivity contribution is 8.01. The number of aromatic nitrogens is 2. The second-order valence-electron chi connectivity index (χ2n) is 5.00. The lowest BCUT2D eigenvalue weighted by molar-refractivity contribution is 0.375. The maximum Gasteiger partial charge on any atom is 0.170 e. The molecule has 1 fully saturated rings. The Morgan fingerprint density at radius 2 is 2.17 bits per heavy atom. The number of rotatable bonds is 6. The van der Waals surface area contributed by atoms with Crippen LogP contribution in [-0.4, -0.2) is 27.2 Å². The molecule has 0 aromatic carbocycles. The van der Waals surface area contributed by atoms with E-state index in [1.54, 1.807) is 0 Å². The molecule has 3 nitrogen and oxygen atoms in total. The fourth-order valence-corrected chi connectivity index (χ4v) is 4.24. The average molecular weight is 285 g/mol. The van der Waals surface area contributed by atoms with Crippen LogP contribution in [0.15, 0.2) is 4.34 Å². The van der Waals surface area contributed by atoms with E-state index in [1.807, 2.05) is 11.8 Å². The molecule has 1 heterocycles. The van der Waals surface area contributed by atoms with E-state index in [4.69, 9.17) is 0 Å². The molecule has 0 amide bonds. The Morgan fingerprint density at radius 1 is 1.39 bits per heavy atom. The van der Waals surface area contributed by atoms with Gasteiger partial charge in [0.25, 0.3) is 0 Å². The van der Waals surface area contributed by atoms with Crippen molar-refractivity contribution in [1.29, 1.82) is 0 Å². The zero-order valence-corrected chi connectivity index (χ0v) is 12.9. The Labute approximate surface area is 118 Å². The summed E-state index contributed by atoms with van der Waals surface area (Å²) >= 11 is 3.39. The zero-order valence-electron chi connectivity index (χ0n) is 11.3. The highest BCUT2D eigenvalue weighted by Crippen LogP contribution is 2.25. The van der Waals surface area contributed by atoms with Crippen LogP contribution >= 0.6 is 23.3 Å². The molecular weight excluding hydrogens is 262 g/mol. The van der Waals surface area contributed by atoms with E-state index in [9.17, 15) is 0 Å². The van der Waals surface area contributed by atoms with Gasteiger partial charge in [-0.3, -0.25) is 0 Å². The van der Waals surface area contributed by atoms with Crippen molar-refractivity contribution in [3.63, 3.8) is 0 Å². The molecule has 1 atom stereocenters. The third kappa shape index (κ3) is 4.52. The van der Waals surface area contributed by atoms with Gasteiger partial charge in [-0.15, -0.1) is 0 Å². The first kappa shape index (κ1) is 14.3. The summed E-state index contributed by atoms with van der Waals surface area (Å²) in [6.45, 7) is 5.45. The minimum Gasteiger partial charge on any atom is -0.313 e. The van der Waals surface area contributed by atoms with Gasteiger partial charge in [0.1, 0.15) is 5.82 Å². The SMILES string of the molecule is CCc1nsc(SC(C)CNC2CCCCC2)n1. The Bertz CT molecular complexity index is 348. The second kappa shape index (κ2) is 7.46. The summed E-state index contributed by atoms with van der Waals surface area (Å²) in [5, 5.41) is 4.27. The van der Waals surface area contributed by atoms with Crippen molar-refractivity contribution >= 4 is 23.3 Å². The molecule has 0 bridgehead atoms. The lowest BCUT2D eigenvalue weighted by Crippen LogP contribution is -2.35. The number of hydrogen-bond donors (Lipinski definition) is 1. The van der Waals surface area contributed by atoms with Crippen molar-refractivity contribution in [2.45, 2.75) is 68.0 Å². The Kier molecular flexibility index (Phi) is 5.92. The van der Waals surface area contributed by atoms with Crippen LogP contribution in [0.1, 0.15) is 51.8 Å². The lowest BCUT2D eigenvalue weighted by atomic mass is 9.95. The van der Waals surface area contributed by atoms with Gasteiger partial charge >= 0.3 is 0 Å². The van der Waals surface area contributed by atoms with E-state index in [2.05, 4.69) is 28.5 Å². The number of nitrogens with zero attached hydrogens (tertiary/aromatic N) is 2. The van der Waals surface area contributed by atoms with E-state index >= 15 is 0 Å². The first-order valence-corrected chi connectivity index (χ1v) is 8.66. The van der Waals surface area contributed by atoms with Crippen LogP contribution in [0.25, 0.3) is 0 Å². The molecule has 0 aliphatic heterocycles. The Morgan fingerprint density at radius 3 is 2.83 bits per heavy atom. The average Bonchev–Trinajstić information content (AvgIpc) is 2.85. The van der Waals surface area contributed by atoms with E-state index in [0.717, 1.165) is 29.2 Å². The van der Waals surface area contributed by atoms with Gasteiger partial charge in [0, 0.05) is 24.3 Å². The van der Waals surface area contributed by atoms with Gasteiger partial charge in [0.15, 0.2) is 4.34 Å². The van der Waals surface area contributed by atoms with Crippen LogP contribution in [0.5, 0.6) is 0 Å². The van der Waals surface area contributed by atoms with Crippen molar-refractivity contribution < 1.29 is 0 Å². The van der Waals surface area contributed by atoms with E-state index < -0.39 is 0 Å².